The summed E-state index contributed by atoms with van der Waals surface area (Å²) < 4.78 is 5.74. The molecule has 2 unspecified atom stereocenters. The minimum absolute atomic E-state index is 0.0354. The van der Waals surface area contributed by atoms with Gasteiger partial charge in [0.2, 0.25) is 5.91 Å². The molecule has 3 rings (SSSR count). The van der Waals surface area contributed by atoms with Crippen LogP contribution in [0.2, 0.25) is 0 Å². The number of carbonyl (C=O) groups excluding carboxylic acids is 1. The predicted molar refractivity (Wildman–Crippen MR) is 91.8 cm³/mol. The van der Waals surface area contributed by atoms with E-state index in [0.717, 1.165) is 36.4 Å². The summed E-state index contributed by atoms with van der Waals surface area (Å²) in [4.78, 5) is 12.3. The topological polar surface area (TPSA) is 50.4 Å². The van der Waals surface area contributed by atoms with E-state index in [-0.39, 0.29) is 11.9 Å². The van der Waals surface area contributed by atoms with Gasteiger partial charge in [-0.3, -0.25) is 4.79 Å². The van der Waals surface area contributed by atoms with Gasteiger partial charge in [-0.2, -0.15) is 0 Å². The van der Waals surface area contributed by atoms with E-state index in [2.05, 4.69) is 17.6 Å². The first-order chi connectivity index (χ1) is 11.2. The largest absolute Gasteiger partial charge is 0.457 e. The standard InChI is InChI=1S/C19H22N2O2/c1-14-6-5-9-18(20-14)19(22)21-15-10-12-17(13-11-15)23-16-7-3-2-4-8-16/h2-4,7-8,10-14,18,20H,5-6,9H2,1H3,(H,21,22). The van der Waals surface area contributed by atoms with Crippen LogP contribution in [0.4, 0.5) is 5.69 Å². The first-order valence-corrected chi connectivity index (χ1v) is 8.10. The summed E-state index contributed by atoms with van der Waals surface area (Å²) in [7, 11) is 0. The molecular weight excluding hydrogens is 288 g/mol. The summed E-state index contributed by atoms with van der Waals surface area (Å²) in [5, 5.41) is 6.31. The van der Waals surface area contributed by atoms with E-state index >= 15 is 0 Å². The van der Waals surface area contributed by atoms with Crippen LogP contribution in [0.15, 0.2) is 54.6 Å². The number of benzene rings is 2. The van der Waals surface area contributed by atoms with Crippen molar-refractivity contribution in [3.8, 4) is 11.5 Å². The molecule has 0 aliphatic carbocycles. The normalized spacial score (nSPS) is 20.7. The first-order valence-electron chi connectivity index (χ1n) is 8.10. The van der Waals surface area contributed by atoms with Gasteiger partial charge in [0, 0.05) is 11.7 Å². The van der Waals surface area contributed by atoms with E-state index < -0.39 is 0 Å². The van der Waals surface area contributed by atoms with Crippen molar-refractivity contribution in [2.45, 2.75) is 38.3 Å². The summed E-state index contributed by atoms with van der Waals surface area (Å²) in [5.74, 6) is 1.58. The van der Waals surface area contributed by atoms with Crippen LogP contribution in [0.5, 0.6) is 11.5 Å². The van der Waals surface area contributed by atoms with Gasteiger partial charge in [-0.25, -0.2) is 0 Å². The van der Waals surface area contributed by atoms with Crippen molar-refractivity contribution >= 4 is 11.6 Å². The van der Waals surface area contributed by atoms with Gasteiger partial charge in [-0.1, -0.05) is 18.2 Å². The lowest BCUT2D eigenvalue weighted by molar-refractivity contribution is -0.118. The van der Waals surface area contributed by atoms with E-state index in [1.807, 2.05) is 54.6 Å². The molecule has 1 fully saturated rings. The van der Waals surface area contributed by atoms with Crippen LogP contribution in [0.3, 0.4) is 0 Å². The molecule has 1 aliphatic rings. The van der Waals surface area contributed by atoms with Gasteiger partial charge in [-0.05, 0) is 62.6 Å². The Bertz CT molecular complexity index is 640. The van der Waals surface area contributed by atoms with E-state index in [0.29, 0.717) is 6.04 Å². The number of hydrogen-bond acceptors (Lipinski definition) is 3. The highest BCUT2D eigenvalue weighted by Gasteiger charge is 2.23. The smallest absolute Gasteiger partial charge is 0.241 e. The van der Waals surface area contributed by atoms with Crippen molar-refractivity contribution in [3.05, 3.63) is 54.6 Å². The number of rotatable bonds is 4. The number of ether oxygens (including phenoxy) is 1. The molecule has 23 heavy (non-hydrogen) atoms. The number of amides is 1. The highest BCUT2D eigenvalue weighted by Crippen LogP contribution is 2.23. The van der Waals surface area contributed by atoms with E-state index in [1.54, 1.807) is 0 Å². The van der Waals surface area contributed by atoms with Crippen molar-refractivity contribution in [1.29, 1.82) is 0 Å². The molecule has 2 aromatic rings. The molecule has 0 radical (unpaired) electrons. The maximum atomic E-state index is 12.3. The Morgan fingerprint density at radius 2 is 1.74 bits per heavy atom. The second kappa shape index (κ2) is 7.29. The van der Waals surface area contributed by atoms with Crippen LogP contribution in [0, 0.1) is 0 Å². The van der Waals surface area contributed by atoms with Crippen LogP contribution in [-0.2, 0) is 4.79 Å². The Morgan fingerprint density at radius 1 is 1.04 bits per heavy atom. The summed E-state index contributed by atoms with van der Waals surface area (Å²) in [5.41, 5.74) is 0.787. The van der Waals surface area contributed by atoms with Crippen molar-refractivity contribution in [3.63, 3.8) is 0 Å². The number of hydrogen-bond donors (Lipinski definition) is 2. The zero-order chi connectivity index (χ0) is 16.1. The van der Waals surface area contributed by atoms with E-state index in [9.17, 15) is 4.79 Å². The Hall–Kier alpha value is -2.33. The van der Waals surface area contributed by atoms with Crippen LogP contribution < -0.4 is 15.4 Å². The van der Waals surface area contributed by atoms with Crippen LogP contribution in [0.25, 0.3) is 0 Å². The third-order valence-corrected chi connectivity index (χ3v) is 4.03. The lowest BCUT2D eigenvalue weighted by Crippen LogP contribution is -2.47. The second-order valence-electron chi connectivity index (χ2n) is 5.98. The molecule has 1 heterocycles. The Morgan fingerprint density at radius 3 is 2.43 bits per heavy atom. The Balaban J connectivity index is 1.58. The molecule has 4 nitrogen and oxygen atoms in total. The average molecular weight is 310 g/mol. The molecule has 0 saturated carbocycles. The van der Waals surface area contributed by atoms with E-state index in [1.165, 1.54) is 0 Å². The SMILES string of the molecule is CC1CCCC(C(=O)Nc2ccc(Oc3ccccc3)cc2)N1. The third-order valence-electron chi connectivity index (χ3n) is 4.03. The maximum absolute atomic E-state index is 12.3. The molecule has 2 aromatic carbocycles. The summed E-state index contributed by atoms with van der Waals surface area (Å²) in [6.45, 7) is 2.12. The van der Waals surface area contributed by atoms with Crippen molar-refractivity contribution in [2.24, 2.45) is 0 Å². The molecular formula is C19H22N2O2. The molecule has 1 saturated heterocycles. The minimum atomic E-state index is -0.0982. The van der Waals surface area contributed by atoms with Gasteiger partial charge in [0.15, 0.2) is 0 Å². The lowest BCUT2D eigenvalue weighted by Gasteiger charge is -2.27. The minimum Gasteiger partial charge on any atom is -0.457 e. The van der Waals surface area contributed by atoms with Crippen molar-refractivity contribution < 1.29 is 9.53 Å². The summed E-state index contributed by atoms with van der Waals surface area (Å²) in [6, 6.07) is 17.4. The van der Waals surface area contributed by atoms with Crippen LogP contribution in [0.1, 0.15) is 26.2 Å². The van der Waals surface area contributed by atoms with Gasteiger partial charge >= 0.3 is 0 Å². The summed E-state index contributed by atoms with van der Waals surface area (Å²) in [6.07, 6.45) is 3.12. The number of para-hydroxylation sites is 1. The second-order valence-corrected chi connectivity index (χ2v) is 5.98. The Labute approximate surface area is 136 Å². The van der Waals surface area contributed by atoms with Gasteiger partial charge in [-0.15, -0.1) is 0 Å². The number of anilines is 1. The number of carbonyl (C=O) groups is 1. The van der Waals surface area contributed by atoms with Crippen molar-refractivity contribution in [1.82, 2.24) is 5.32 Å². The highest BCUT2D eigenvalue weighted by molar-refractivity contribution is 5.94. The molecule has 120 valence electrons. The number of piperidine rings is 1. The third kappa shape index (κ3) is 4.33. The first kappa shape index (κ1) is 15.6. The average Bonchev–Trinajstić information content (AvgIpc) is 2.57. The monoisotopic (exact) mass is 310 g/mol. The highest BCUT2D eigenvalue weighted by atomic mass is 16.5. The molecule has 4 heteroatoms. The maximum Gasteiger partial charge on any atom is 0.241 e. The van der Waals surface area contributed by atoms with Crippen LogP contribution >= 0.6 is 0 Å². The van der Waals surface area contributed by atoms with E-state index in [4.69, 9.17) is 4.74 Å². The van der Waals surface area contributed by atoms with Gasteiger partial charge < -0.3 is 15.4 Å². The molecule has 0 spiro atoms. The van der Waals surface area contributed by atoms with Gasteiger partial charge in [0.25, 0.3) is 0 Å². The zero-order valence-electron chi connectivity index (χ0n) is 13.3. The van der Waals surface area contributed by atoms with Crippen molar-refractivity contribution in [2.75, 3.05) is 5.32 Å². The fraction of sp³-hybridized carbons (Fsp3) is 0.316. The quantitative estimate of drug-likeness (QED) is 0.899. The molecule has 2 atom stereocenters. The Kier molecular flexibility index (Phi) is 4.93. The molecule has 0 aromatic heterocycles. The molecule has 0 bridgehead atoms. The van der Waals surface area contributed by atoms with Gasteiger partial charge in [0.1, 0.15) is 11.5 Å². The van der Waals surface area contributed by atoms with Gasteiger partial charge in [0.05, 0.1) is 6.04 Å². The fourth-order valence-corrected chi connectivity index (χ4v) is 2.81. The molecule has 1 aliphatic heterocycles. The predicted octanol–water partition coefficient (Wildman–Crippen LogP) is 3.95. The number of nitrogens with one attached hydrogen (secondary N) is 2. The summed E-state index contributed by atoms with van der Waals surface area (Å²) >= 11 is 0. The zero-order valence-corrected chi connectivity index (χ0v) is 13.3. The molecule has 2 N–H and O–H groups in total. The molecule has 1 amide bonds. The lowest BCUT2D eigenvalue weighted by atomic mass is 9.99. The fourth-order valence-electron chi connectivity index (χ4n) is 2.81. The van der Waals surface area contributed by atoms with Crippen LogP contribution in [-0.4, -0.2) is 18.0 Å².